The molecule has 0 aliphatic carbocycles. The van der Waals surface area contributed by atoms with Gasteiger partial charge in [0.05, 0.1) is 11.5 Å². The Morgan fingerprint density at radius 3 is 2.48 bits per heavy atom. The molecule has 0 saturated carbocycles. The van der Waals surface area contributed by atoms with Gasteiger partial charge in [-0.15, -0.1) is 0 Å². The quantitative estimate of drug-likeness (QED) is 0.759. The first kappa shape index (κ1) is 18.0. The van der Waals surface area contributed by atoms with E-state index in [9.17, 15) is 8.42 Å². The Hall–Kier alpha value is -1.85. The summed E-state index contributed by atoms with van der Waals surface area (Å²) in [7, 11) is -3.67. The van der Waals surface area contributed by atoms with Crippen LogP contribution in [0.4, 0.5) is 0 Å². The lowest BCUT2D eigenvalue weighted by Crippen LogP contribution is -2.13. The van der Waals surface area contributed by atoms with Crippen molar-refractivity contribution in [1.82, 2.24) is 0 Å². The Kier molecular flexibility index (Phi) is 4.64. The summed E-state index contributed by atoms with van der Waals surface area (Å²) in [5.41, 5.74) is 1.66. The second-order valence-corrected chi connectivity index (χ2v) is 9.37. The maximum atomic E-state index is 13.2. The molecule has 134 valence electrons. The van der Waals surface area contributed by atoms with Gasteiger partial charge < -0.3 is 9.47 Å². The van der Waals surface area contributed by atoms with Crippen molar-refractivity contribution in [3.63, 3.8) is 0 Å². The van der Waals surface area contributed by atoms with Gasteiger partial charge in [-0.05, 0) is 41.7 Å². The predicted octanol–water partition coefficient (Wildman–Crippen LogP) is 3.90. The van der Waals surface area contributed by atoms with Crippen LogP contribution in [0.5, 0.6) is 5.75 Å². The fourth-order valence-electron chi connectivity index (χ4n) is 2.62. The molecule has 0 N–H and O–H groups in total. The topological polar surface area (TPSA) is 55.9 Å². The number of sulfone groups is 1. The van der Waals surface area contributed by atoms with Crippen molar-refractivity contribution in [2.45, 2.75) is 49.0 Å². The highest BCUT2D eigenvalue weighted by Gasteiger charge is 2.28. The maximum Gasteiger partial charge on any atom is 0.210 e. The molecule has 1 aliphatic rings. The van der Waals surface area contributed by atoms with Gasteiger partial charge >= 0.3 is 0 Å². The summed E-state index contributed by atoms with van der Waals surface area (Å²) in [4.78, 5) is 0.497. The van der Waals surface area contributed by atoms with Crippen LogP contribution in [0.15, 0.2) is 52.3 Å². The zero-order valence-electron chi connectivity index (χ0n) is 15.1. The standard InChI is InChI=1S/C20H24O4S/c1-14-7-5-10-18(19(14)24-13-16-12-23-16)25(21,22)17-9-6-8-15(11-17)20(2,3)4/h5-11,16H,12-13H2,1-4H3. The highest BCUT2D eigenvalue weighted by atomic mass is 32.2. The molecule has 0 amide bonds. The minimum atomic E-state index is -3.67. The van der Waals surface area contributed by atoms with Crippen molar-refractivity contribution in [2.75, 3.05) is 13.2 Å². The van der Waals surface area contributed by atoms with Gasteiger partial charge in [0.15, 0.2) is 0 Å². The summed E-state index contributed by atoms with van der Waals surface area (Å²) in [5.74, 6) is 0.416. The Balaban J connectivity index is 2.04. The van der Waals surface area contributed by atoms with Gasteiger partial charge in [0.1, 0.15) is 23.4 Å². The molecule has 1 saturated heterocycles. The predicted molar refractivity (Wildman–Crippen MR) is 97.0 cm³/mol. The van der Waals surface area contributed by atoms with E-state index in [1.54, 1.807) is 30.3 Å². The minimum absolute atomic E-state index is 0.0689. The van der Waals surface area contributed by atoms with Gasteiger partial charge in [0, 0.05) is 0 Å². The van der Waals surface area contributed by atoms with E-state index in [2.05, 4.69) is 20.8 Å². The zero-order chi connectivity index (χ0) is 18.2. The first-order valence-corrected chi connectivity index (χ1v) is 9.87. The van der Waals surface area contributed by atoms with Crippen molar-refractivity contribution in [2.24, 2.45) is 0 Å². The van der Waals surface area contributed by atoms with E-state index >= 15 is 0 Å². The molecule has 1 fully saturated rings. The van der Waals surface area contributed by atoms with Gasteiger partial charge in [0.2, 0.25) is 9.84 Å². The van der Waals surface area contributed by atoms with E-state index < -0.39 is 9.84 Å². The van der Waals surface area contributed by atoms with Crippen molar-refractivity contribution in [1.29, 1.82) is 0 Å². The molecule has 2 aromatic carbocycles. The first-order chi connectivity index (χ1) is 11.7. The maximum absolute atomic E-state index is 13.2. The summed E-state index contributed by atoms with van der Waals surface area (Å²) in [5, 5.41) is 0. The number of ether oxygens (including phenoxy) is 2. The van der Waals surface area contributed by atoms with E-state index in [0.717, 1.165) is 11.1 Å². The van der Waals surface area contributed by atoms with E-state index in [4.69, 9.17) is 9.47 Å². The Morgan fingerprint density at radius 2 is 1.84 bits per heavy atom. The summed E-state index contributed by atoms with van der Waals surface area (Å²) in [6, 6.07) is 12.4. The van der Waals surface area contributed by atoms with Crippen LogP contribution < -0.4 is 4.74 Å². The molecular formula is C20H24O4S. The third-order valence-corrected chi connectivity index (χ3v) is 6.07. The largest absolute Gasteiger partial charge is 0.489 e. The van der Waals surface area contributed by atoms with E-state index in [1.807, 2.05) is 19.1 Å². The number of benzene rings is 2. The van der Waals surface area contributed by atoms with Gasteiger partial charge in [-0.2, -0.15) is 0 Å². The van der Waals surface area contributed by atoms with Gasteiger partial charge in [-0.3, -0.25) is 0 Å². The Labute approximate surface area is 149 Å². The average molecular weight is 360 g/mol. The lowest BCUT2D eigenvalue weighted by Gasteiger charge is -2.20. The van der Waals surface area contributed by atoms with Gasteiger partial charge in [-0.25, -0.2) is 8.42 Å². The summed E-state index contributed by atoms with van der Waals surface area (Å²) in [6.45, 7) is 9.09. The average Bonchev–Trinajstić information content (AvgIpc) is 3.37. The normalized spacial score (nSPS) is 17.4. The van der Waals surface area contributed by atoms with Crippen LogP contribution in [-0.2, 0) is 20.0 Å². The Morgan fingerprint density at radius 1 is 1.16 bits per heavy atom. The molecule has 0 bridgehead atoms. The second-order valence-electron chi connectivity index (χ2n) is 7.45. The molecule has 1 unspecified atom stereocenters. The van der Waals surface area contributed by atoms with Crippen molar-refractivity contribution in [3.05, 3.63) is 53.6 Å². The molecule has 4 nitrogen and oxygen atoms in total. The molecule has 2 aromatic rings. The Bertz CT molecular complexity index is 875. The highest BCUT2D eigenvalue weighted by molar-refractivity contribution is 7.91. The number of rotatable bonds is 5. The number of hydrogen-bond acceptors (Lipinski definition) is 4. The lowest BCUT2D eigenvalue weighted by atomic mass is 9.87. The summed E-state index contributed by atoms with van der Waals surface area (Å²) in [6.07, 6.45) is 0.0689. The van der Waals surface area contributed by atoms with Crippen LogP contribution in [-0.4, -0.2) is 27.7 Å². The molecule has 0 aromatic heterocycles. The van der Waals surface area contributed by atoms with Crippen LogP contribution in [0.2, 0.25) is 0 Å². The first-order valence-electron chi connectivity index (χ1n) is 8.39. The zero-order valence-corrected chi connectivity index (χ0v) is 15.9. The van der Waals surface area contributed by atoms with Gasteiger partial charge in [0.25, 0.3) is 0 Å². The van der Waals surface area contributed by atoms with Crippen LogP contribution in [0.1, 0.15) is 31.9 Å². The smallest absolute Gasteiger partial charge is 0.210 e. The highest BCUT2D eigenvalue weighted by Crippen LogP contribution is 2.34. The SMILES string of the molecule is Cc1cccc(S(=O)(=O)c2cccc(C(C)(C)C)c2)c1OCC1CO1. The van der Waals surface area contributed by atoms with Crippen LogP contribution in [0.25, 0.3) is 0 Å². The van der Waals surface area contributed by atoms with E-state index in [1.165, 1.54) is 0 Å². The third kappa shape index (κ3) is 3.88. The fourth-order valence-corrected chi connectivity index (χ4v) is 4.13. The molecular weight excluding hydrogens is 336 g/mol. The fraction of sp³-hybridized carbons (Fsp3) is 0.400. The van der Waals surface area contributed by atoms with Crippen LogP contribution in [0, 0.1) is 6.92 Å². The molecule has 1 heterocycles. The molecule has 0 spiro atoms. The van der Waals surface area contributed by atoms with Crippen molar-refractivity contribution < 1.29 is 17.9 Å². The van der Waals surface area contributed by atoms with Crippen molar-refractivity contribution >= 4 is 9.84 Å². The van der Waals surface area contributed by atoms with E-state index in [0.29, 0.717) is 19.0 Å². The number of hydrogen-bond donors (Lipinski definition) is 0. The molecule has 0 radical (unpaired) electrons. The number of aryl methyl sites for hydroxylation is 1. The van der Waals surface area contributed by atoms with E-state index in [-0.39, 0.29) is 21.3 Å². The second kappa shape index (κ2) is 6.46. The number of para-hydroxylation sites is 1. The lowest BCUT2D eigenvalue weighted by molar-refractivity contribution is 0.256. The van der Waals surface area contributed by atoms with Crippen LogP contribution in [0.3, 0.4) is 0 Å². The molecule has 25 heavy (non-hydrogen) atoms. The molecule has 3 rings (SSSR count). The molecule has 1 aliphatic heterocycles. The molecule has 1 atom stereocenters. The molecule has 5 heteroatoms. The number of epoxide rings is 1. The van der Waals surface area contributed by atoms with Crippen LogP contribution >= 0.6 is 0 Å². The summed E-state index contributed by atoms with van der Waals surface area (Å²) >= 11 is 0. The van der Waals surface area contributed by atoms with Crippen molar-refractivity contribution in [3.8, 4) is 5.75 Å². The third-order valence-electron chi connectivity index (χ3n) is 4.29. The van der Waals surface area contributed by atoms with Gasteiger partial charge in [-0.1, -0.05) is 45.0 Å². The summed E-state index contributed by atoms with van der Waals surface area (Å²) < 4.78 is 37.4. The monoisotopic (exact) mass is 360 g/mol. The minimum Gasteiger partial charge on any atom is -0.489 e.